The van der Waals surface area contributed by atoms with Gasteiger partial charge in [0.15, 0.2) is 6.61 Å². The van der Waals surface area contributed by atoms with Crippen molar-refractivity contribution >= 4 is 98.6 Å². The lowest BCUT2D eigenvalue weighted by Gasteiger charge is -2.17. The molecule has 11 aliphatic rings. The first-order valence-corrected chi connectivity index (χ1v) is 42.2. The molecule has 0 saturated heterocycles. The average molecular weight is 1650 g/mol. The van der Waals surface area contributed by atoms with Crippen molar-refractivity contribution in [3.05, 3.63) is 334 Å². The Hall–Kier alpha value is -13.7. The molecule has 9 heterocycles. The number of hydrogen-bond donors (Lipinski definition) is 4. The number of rotatable bonds is 0. The number of anilines is 4. The number of ether oxygens (including phenoxy) is 2. The molecule has 19 nitrogen and oxygen atoms in total. The summed E-state index contributed by atoms with van der Waals surface area (Å²) in [5, 5.41) is 24.6. The Bertz CT molecular complexity index is 5800. The highest BCUT2D eigenvalue weighted by atomic mass is 16.5. The zero-order valence-electron chi connectivity index (χ0n) is 73.3. The third kappa shape index (κ3) is 22.5. The molecule has 4 amide bonds. The third-order valence-electron chi connectivity index (χ3n) is 23.0. The number of aromatic nitrogens is 2. The van der Waals surface area contributed by atoms with E-state index in [-0.39, 0.29) is 47.0 Å². The van der Waals surface area contributed by atoms with E-state index in [1.165, 1.54) is 122 Å². The standard InChI is InChI=1S/C12H14O.C11H11NO.C10H11NO.C10H10O.C9H10N2.C9H9NO2.C9H9NO.2C9H9N.C9H8O2.C8H8N2/c1-8-4-5-10-9(6-8)7-11(13)12(10,2)3;1-7-2-3-8-9(6-7)12-10(13)11(8)4-5-11;1-7-2-3-8-4-5-10(12)11-9(8)6-7;1-7-2-3-8-5-10(11)6-9(8)4-7;1-7-3-4-9-8(5-7)6-10-11(9)2;1-6-2-3-8-7(4-6)10-9(11)5-12-8;1-6-2-3-8-7(4-6)5-9(11)10-8;1-7-2-3-8-5-10-6-9(8)4-7;1-7-2-3-9-8(6-7)4-5-10-9;1-6-2-3-8-7(4-6)5-9(10)11-8;1-6-2-3-8-7(4-6)5-9-10-8/h4-6H,7H2,1-3H3;2-3,6H,4-5H2,1H3,(H,12,13);2-3,6H,4-5H2,1H3,(H,11,12);2-4H,5-6H2,1H3;3-6H,1-2H3;2-4H,5H2,1H3,(H,10,11);2-4H,5H2,1H3,(H,10,11);2-5H,6H2,1H3;2-3,5-6H,4H2,1H3;2-4H,5H2,1H3;2-4H,5H2,1H3. The lowest BCUT2D eigenvalue weighted by atomic mass is 9.85. The summed E-state index contributed by atoms with van der Waals surface area (Å²) in [6.07, 6.45) is 13.2. The third-order valence-corrected chi connectivity index (χ3v) is 23.0. The number of fused-ring (bicyclic) bond motifs is 12. The van der Waals surface area contributed by atoms with E-state index in [0.717, 1.165) is 101 Å². The highest BCUT2D eigenvalue weighted by Crippen LogP contribution is 2.55. The second kappa shape index (κ2) is 39.0. The van der Waals surface area contributed by atoms with Crippen LogP contribution in [-0.2, 0) is 109 Å². The number of nitrogens with one attached hydrogen (secondary N) is 4. The van der Waals surface area contributed by atoms with Gasteiger partial charge in [-0.25, -0.2) is 0 Å². The number of amides is 4. The molecular weight excluding hydrogens is 1550 g/mol. The molecule has 124 heavy (non-hydrogen) atoms. The van der Waals surface area contributed by atoms with Crippen LogP contribution in [0.4, 0.5) is 34.1 Å². The van der Waals surface area contributed by atoms with Gasteiger partial charge in [-0.05, 0) is 242 Å². The van der Waals surface area contributed by atoms with Gasteiger partial charge in [-0.15, -0.1) is 0 Å². The van der Waals surface area contributed by atoms with Gasteiger partial charge in [-0.2, -0.15) is 15.3 Å². The minimum Gasteiger partial charge on any atom is -0.482 e. The largest absolute Gasteiger partial charge is 0.482 e. The predicted molar refractivity (Wildman–Crippen MR) is 495 cm³/mol. The summed E-state index contributed by atoms with van der Waals surface area (Å²) in [4.78, 5) is 86.3. The molecule has 11 aromatic carbocycles. The summed E-state index contributed by atoms with van der Waals surface area (Å²) >= 11 is 0. The van der Waals surface area contributed by atoms with Crippen LogP contribution in [0.1, 0.15) is 161 Å². The van der Waals surface area contributed by atoms with E-state index >= 15 is 0 Å². The SMILES string of the molecule is Cc1ccc2c(c1)CC(=O)C2.Cc1ccc2c(c1)CC(=O)C2(C)C.Cc1ccc2c(c1)CC(=O)N2.Cc1ccc2c(c1)CC(=O)O2.Cc1ccc2c(c1)CC=N2.Cc1ccc2c(c1)CN=C2.Cc1ccc2c(c1)CN=N2.Cc1ccc2c(c1)NC(=O)C21CC1.Cc1ccc2c(c1)NC(=O)CC2.Cc1ccc2c(c1)NC(=O)CO2.Cc1ccc2c(cnn2C)c1. The maximum atomic E-state index is 11.7. The van der Waals surface area contributed by atoms with Crippen molar-refractivity contribution in [3.8, 4) is 11.5 Å². The summed E-state index contributed by atoms with van der Waals surface area (Å²) < 4.78 is 12.0. The number of hydrogen-bond acceptors (Lipinski definition) is 14. The summed E-state index contributed by atoms with van der Waals surface area (Å²) in [5.74, 6) is 2.37. The lowest BCUT2D eigenvalue weighted by Crippen LogP contribution is -2.25. The van der Waals surface area contributed by atoms with Crippen molar-refractivity contribution in [2.75, 3.05) is 27.9 Å². The van der Waals surface area contributed by atoms with Crippen molar-refractivity contribution in [3.63, 3.8) is 0 Å². The number of azo groups is 1. The van der Waals surface area contributed by atoms with Crippen LogP contribution in [0.3, 0.4) is 0 Å². The Labute approximate surface area is 726 Å². The number of benzene rings is 11. The number of ketones is 2. The second-order valence-corrected chi connectivity index (χ2v) is 34.0. The van der Waals surface area contributed by atoms with E-state index in [9.17, 15) is 33.6 Å². The van der Waals surface area contributed by atoms with Gasteiger partial charge in [-0.1, -0.05) is 184 Å². The van der Waals surface area contributed by atoms with Gasteiger partial charge in [-0.3, -0.25) is 48.2 Å². The van der Waals surface area contributed by atoms with Gasteiger partial charge in [0.25, 0.3) is 5.91 Å². The summed E-state index contributed by atoms with van der Waals surface area (Å²) in [5.41, 5.74) is 35.1. The van der Waals surface area contributed by atoms with Crippen LogP contribution in [0.2, 0.25) is 0 Å². The summed E-state index contributed by atoms with van der Waals surface area (Å²) in [6.45, 7) is 28.4. The number of Topliss-reactive ketones (excluding diaryl/α,β-unsaturated/α-hetero) is 2. The van der Waals surface area contributed by atoms with Crippen LogP contribution in [0, 0.1) is 76.2 Å². The summed E-state index contributed by atoms with van der Waals surface area (Å²) in [7, 11) is 1.96. The molecule has 1 saturated carbocycles. The van der Waals surface area contributed by atoms with E-state index in [1.807, 2.05) is 146 Å². The molecule has 0 atom stereocenters. The fourth-order valence-electron chi connectivity index (χ4n) is 16.0. The van der Waals surface area contributed by atoms with E-state index in [2.05, 4.69) is 222 Å². The maximum Gasteiger partial charge on any atom is 0.315 e. The number of esters is 1. The molecule has 0 radical (unpaired) electrons. The van der Waals surface area contributed by atoms with Crippen LogP contribution in [-0.4, -0.2) is 70.0 Å². The Balaban J connectivity index is 0.000000117. The maximum absolute atomic E-state index is 11.7. The first-order valence-electron chi connectivity index (χ1n) is 42.2. The first kappa shape index (κ1) is 88.1. The molecule has 23 rings (SSSR count). The van der Waals surface area contributed by atoms with Crippen molar-refractivity contribution in [2.45, 2.75) is 178 Å². The molecule has 3 aliphatic carbocycles. The minimum absolute atomic E-state index is 0.0897. The highest BCUT2D eigenvalue weighted by Gasteiger charge is 2.56. The first-order chi connectivity index (χ1) is 59.4. The van der Waals surface area contributed by atoms with E-state index in [0.29, 0.717) is 50.1 Å². The highest BCUT2D eigenvalue weighted by molar-refractivity contribution is 6.08. The quantitative estimate of drug-likeness (QED) is 0.0825. The smallest absolute Gasteiger partial charge is 0.315 e. The molecule has 1 aromatic heterocycles. The number of nitrogens with zero attached hydrogens (tertiary/aromatic N) is 6. The van der Waals surface area contributed by atoms with Gasteiger partial charge < -0.3 is 30.7 Å². The monoisotopic (exact) mass is 1650 g/mol. The van der Waals surface area contributed by atoms with Gasteiger partial charge in [0.05, 0.1) is 60.1 Å². The van der Waals surface area contributed by atoms with Gasteiger partial charge in [0, 0.05) is 90.6 Å². The number of carbonyl (C=O) groups excluding carboxylic acids is 7. The second-order valence-electron chi connectivity index (χ2n) is 34.0. The topological polar surface area (TPSA) is 253 Å². The van der Waals surface area contributed by atoms with Crippen LogP contribution in [0.5, 0.6) is 11.5 Å². The molecule has 4 N–H and O–H groups in total. The summed E-state index contributed by atoms with van der Waals surface area (Å²) in [6, 6.07) is 67.8. The molecule has 1 spiro atoms. The molecule has 0 bridgehead atoms. The zero-order valence-corrected chi connectivity index (χ0v) is 73.3. The number of carbonyl (C=O) groups is 7. The van der Waals surface area contributed by atoms with Crippen LogP contribution in [0.15, 0.2) is 227 Å². The molecule has 0 unspecified atom stereocenters. The Morgan fingerprint density at radius 1 is 0.403 bits per heavy atom. The van der Waals surface area contributed by atoms with Gasteiger partial charge >= 0.3 is 5.97 Å². The van der Waals surface area contributed by atoms with Crippen LogP contribution >= 0.6 is 0 Å². The molecular formula is C105H108N10O9. The minimum atomic E-state index is -0.261. The van der Waals surface area contributed by atoms with Crippen molar-refractivity contribution in [2.24, 2.45) is 27.3 Å². The lowest BCUT2D eigenvalue weighted by molar-refractivity contribution is -0.132. The van der Waals surface area contributed by atoms with E-state index < -0.39 is 0 Å². The molecule has 8 aliphatic heterocycles. The number of aryl methyl sites for hydroxylation is 13. The number of aliphatic imine (C=N–C) groups is 2. The molecule has 19 heteroatoms. The van der Waals surface area contributed by atoms with Gasteiger partial charge in [0.2, 0.25) is 17.7 Å². The fraction of sp³-hybridized carbons (Fsp3) is 0.276. The van der Waals surface area contributed by atoms with Crippen molar-refractivity contribution < 1.29 is 43.0 Å². The van der Waals surface area contributed by atoms with Gasteiger partial charge in [0.1, 0.15) is 23.1 Å². The van der Waals surface area contributed by atoms with Crippen molar-refractivity contribution in [1.82, 2.24) is 9.78 Å². The molecule has 12 aromatic rings. The van der Waals surface area contributed by atoms with Crippen LogP contribution < -0.4 is 30.7 Å². The fourth-order valence-corrected chi connectivity index (χ4v) is 16.0. The van der Waals surface area contributed by atoms with E-state index in [1.54, 1.807) is 0 Å². The Morgan fingerprint density at radius 2 is 0.944 bits per heavy atom. The van der Waals surface area contributed by atoms with Crippen molar-refractivity contribution in [1.29, 1.82) is 0 Å². The zero-order chi connectivity index (χ0) is 88.1. The Morgan fingerprint density at radius 3 is 1.66 bits per heavy atom. The predicted octanol–water partition coefficient (Wildman–Crippen LogP) is 20.8. The normalized spacial score (nSPS) is 15.3. The average Bonchev–Trinajstić information content (AvgIpc) is 1.56. The van der Waals surface area contributed by atoms with E-state index in [4.69, 9.17) is 9.47 Å². The Kier molecular flexibility index (Phi) is 27.7. The molecule has 1 fully saturated rings. The molecule has 632 valence electrons. The van der Waals surface area contributed by atoms with Crippen LogP contribution in [0.25, 0.3) is 10.9 Å².